The second kappa shape index (κ2) is 7.02. The van der Waals surface area contributed by atoms with Gasteiger partial charge in [0.1, 0.15) is 5.02 Å². The molecule has 0 fully saturated rings. The normalized spacial score (nSPS) is 12.3. The third-order valence-corrected chi connectivity index (χ3v) is 4.51. The van der Waals surface area contributed by atoms with Crippen molar-refractivity contribution in [3.63, 3.8) is 0 Å². The fourth-order valence-corrected chi connectivity index (χ4v) is 3.27. The average molecular weight is 325 g/mol. The Balaban J connectivity index is 1.93. The molecule has 0 spiro atoms. The van der Waals surface area contributed by atoms with Gasteiger partial charge in [-0.2, -0.15) is 0 Å². The fourth-order valence-electron chi connectivity index (χ4n) is 2.07. The predicted octanol–water partition coefficient (Wildman–Crippen LogP) is 4.34. The topological polar surface area (TPSA) is 55.2 Å². The van der Waals surface area contributed by atoms with Gasteiger partial charge in [-0.25, -0.2) is 0 Å². The van der Waals surface area contributed by atoms with Crippen LogP contribution >= 0.6 is 22.9 Å². The third kappa shape index (κ3) is 4.52. The molecule has 1 heterocycles. The van der Waals surface area contributed by atoms with Crippen LogP contribution in [-0.2, 0) is 13.0 Å². The van der Waals surface area contributed by atoms with Gasteiger partial charge in [-0.05, 0) is 44.0 Å². The van der Waals surface area contributed by atoms with Gasteiger partial charge in [-0.3, -0.25) is 10.1 Å². The monoisotopic (exact) mass is 324 g/mol. The van der Waals surface area contributed by atoms with Gasteiger partial charge in [-0.1, -0.05) is 17.7 Å². The SMILES string of the molecule is Cc1ccc(CC(C)NCc2ccc(Cl)c([N+](=O)[O-])c2)s1. The van der Waals surface area contributed by atoms with E-state index in [4.69, 9.17) is 11.6 Å². The van der Waals surface area contributed by atoms with Gasteiger partial charge < -0.3 is 5.32 Å². The van der Waals surface area contributed by atoms with Gasteiger partial charge in [0.2, 0.25) is 0 Å². The lowest BCUT2D eigenvalue weighted by Gasteiger charge is -2.13. The molecule has 2 rings (SSSR count). The first kappa shape index (κ1) is 15.9. The molecule has 0 amide bonds. The minimum Gasteiger partial charge on any atom is -0.310 e. The molecule has 21 heavy (non-hydrogen) atoms. The summed E-state index contributed by atoms with van der Waals surface area (Å²) < 4.78 is 0. The van der Waals surface area contributed by atoms with E-state index >= 15 is 0 Å². The van der Waals surface area contributed by atoms with Gasteiger partial charge in [0.05, 0.1) is 4.92 Å². The zero-order valence-electron chi connectivity index (χ0n) is 11.9. The van der Waals surface area contributed by atoms with Crippen molar-refractivity contribution in [2.24, 2.45) is 0 Å². The van der Waals surface area contributed by atoms with Crippen LogP contribution in [0, 0.1) is 17.0 Å². The van der Waals surface area contributed by atoms with E-state index in [-0.39, 0.29) is 10.7 Å². The number of benzene rings is 1. The highest BCUT2D eigenvalue weighted by Gasteiger charge is 2.13. The maximum Gasteiger partial charge on any atom is 0.288 e. The number of nitrogens with one attached hydrogen (secondary N) is 1. The highest BCUT2D eigenvalue weighted by atomic mass is 35.5. The van der Waals surface area contributed by atoms with E-state index in [9.17, 15) is 10.1 Å². The van der Waals surface area contributed by atoms with Crippen LogP contribution in [0.3, 0.4) is 0 Å². The Hall–Kier alpha value is -1.43. The Morgan fingerprint density at radius 1 is 1.38 bits per heavy atom. The second-order valence-corrected chi connectivity index (χ2v) is 6.82. The van der Waals surface area contributed by atoms with Crippen LogP contribution in [0.1, 0.15) is 22.2 Å². The number of halogens is 1. The molecule has 0 saturated heterocycles. The molecular formula is C15H17ClN2O2S. The number of rotatable bonds is 6. The van der Waals surface area contributed by atoms with Gasteiger partial charge in [0, 0.05) is 28.4 Å². The lowest BCUT2D eigenvalue weighted by molar-refractivity contribution is -0.384. The van der Waals surface area contributed by atoms with Crippen LogP contribution in [0.2, 0.25) is 5.02 Å². The zero-order chi connectivity index (χ0) is 15.4. The molecule has 2 aromatic rings. The summed E-state index contributed by atoms with van der Waals surface area (Å²) >= 11 is 7.60. The molecule has 1 atom stereocenters. The van der Waals surface area contributed by atoms with Crippen LogP contribution in [0.15, 0.2) is 30.3 Å². The zero-order valence-corrected chi connectivity index (χ0v) is 13.5. The smallest absolute Gasteiger partial charge is 0.288 e. The fraction of sp³-hybridized carbons (Fsp3) is 0.333. The largest absolute Gasteiger partial charge is 0.310 e. The van der Waals surface area contributed by atoms with Gasteiger partial charge in [-0.15, -0.1) is 11.3 Å². The minimum absolute atomic E-state index is 0.0440. The van der Waals surface area contributed by atoms with Crippen LogP contribution in [0.25, 0.3) is 0 Å². The van der Waals surface area contributed by atoms with E-state index in [1.54, 1.807) is 17.4 Å². The molecule has 0 saturated carbocycles. The van der Waals surface area contributed by atoms with E-state index in [2.05, 4.69) is 31.3 Å². The molecule has 1 N–H and O–H groups in total. The van der Waals surface area contributed by atoms with Crippen LogP contribution in [-0.4, -0.2) is 11.0 Å². The van der Waals surface area contributed by atoms with Crippen molar-refractivity contribution in [1.29, 1.82) is 0 Å². The Morgan fingerprint density at radius 2 is 2.14 bits per heavy atom. The molecule has 4 nitrogen and oxygen atoms in total. The van der Waals surface area contributed by atoms with Crippen LogP contribution < -0.4 is 5.32 Å². The summed E-state index contributed by atoms with van der Waals surface area (Å²) in [6.45, 7) is 4.79. The number of nitro groups is 1. The van der Waals surface area contributed by atoms with E-state index in [0.29, 0.717) is 12.6 Å². The number of nitrogens with zero attached hydrogens (tertiary/aromatic N) is 1. The molecule has 1 unspecified atom stereocenters. The lowest BCUT2D eigenvalue weighted by Crippen LogP contribution is -2.27. The van der Waals surface area contributed by atoms with Crippen molar-refractivity contribution in [2.45, 2.75) is 32.9 Å². The summed E-state index contributed by atoms with van der Waals surface area (Å²) in [5.41, 5.74) is 0.817. The summed E-state index contributed by atoms with van der Waals surface area (Å²) in [6, 6.07) is 9.48. The number of aryl methyl sites for hydroxylation is 1. The third-order valence-electron chi connectivity index (χ3n) is 3.17. The molecular weight excluding hydrogens is 308 g/mol. The van der Waals surface area contributed by atoms with Crippen molar-refractivity contribution in [1.82, 2.24) is 5.32 Å². The number of nitro benzene ring substituents is 1. The van der Waals surface area contributed by atoms with E-state index in [1.165, 1.54) is 15.8 Å². The van der Waals surface area contributed by atoms with Crippen molar-refractivity contribution in [3.8, 4) is 0 Å². The Bertz CT molecular complexity index is 642. The number of hydrogen-bond acceptors (Lipinski definition) is 4. The second-order valence-electron chi connectivity index (χ2n) is 5.04. The first-order valence-electron chi connectivity index (χ1n) is 6.67. The quantitative estimate of drug-likeness (QED) is 0.635. The lowest BCUT2D eigenvalue weighted by atomic mass is 10.1. The minimum atomic E-state index is -0.455. The van der Waals surface area contributed by atoms with Crippen molar-refractivity contribution >= 4 is 28.6 Å². The van der Waals surface area contributed by atoms with Crippen molar-refractivity contribution in [3.05, 3.63) is 60.8 Å². The van der Waals surface area contributed by atoms with Gasteiger partial charge in [0.25, 0.3) is 5.69 Å². The summed E-state index contributed by atoms with van der Waals surface area (Å²) in [5.74, 6) is 0. The summed E-state index contributed by atoms with van der Waals surface area (Å²) in [6.07, 6.45) is 0.953. The van der Waals surface area contributed by atoms with E-state index < -0.39 is 4.92 Å². The Kier molecular flexibility index (Phi) is 5.33. The summed E-state index contributed by atoms with van der Waals surface area (Å²) in [4.78, 5) is 13.1. The van der Waals surface area contributed by atoms with Crippen molar-refractivity contribution < 1.29 is 4.92 Å². The molecule has 0 aliphatic rings. The molecule has 0 aliphatic heterocycles. The molecule has 0 aliphatic carbocycles. The van der Waals surface area contributed by atoms with Crippen LogP contribution in [0.5, 0.6) is 0 Å². The first-order valence-corrected chi connectivity index (χ1v) is 7.86. The van der Waals surface area contributed by atoms with Crippen LogP contribution in [0.4, 0.5) is 5.69 Å². The average Bonchev–Trinajstić information content (AvgIpc) is 2.82. The van der Waals surface area contributed by atoms with E-state index in [0.717, 1.165) is 12.0 Å². The summed E-state index contributed by atoms with van der Waals surface area (Å²) in [7, 11) is 0. The molecule has 1 aromatic carbocycles. The highest BCUT2D eigenvalue weighted by Crippen LogP contribution is 2.25. The molecule has 112 valence electrons. The van der Waals surface area contributed by atoms with E-state index in [1.807, 2.05) is 6.07 Å². The predicted molar refractivity (Wildman–Crippen MR) is 87.2 cm³/mol. The Morgan fingerprint density at radius 3 is 2.76 bits per heavy atom. The molecule has 0 bridgehead atoms. The molecule has 6 heteroatoms. The maximum atomic E-state index is 10.9. The number of thiophene rings is 1. The summed E-state index contributed by atoms with van der Waals surface area (Å²) in [5, 5.41) is 14.4. The maximum absolute atomic E-state index is 10.9. The number of hydrogen-bond donors (Lipinski definition) is 1. The molecule has 0 radical (unpaired) electrons. The van der Waals surface area contributed by atoms with Gasteiger partial charge >= 0.3 is 0 Å². The first-order chi connectivity index (χ1) is 9.95. The van der Waals surface area contributed by atoms with Gasteiger partial charge in [0.15, 0.2) is 0 Å². The molecule has 1 aromatic heterocycles. The van der Waals surface area contributed by atoms with Crippen molar-refractivity contribution in [2.75, 3.05) is 0 Å². The highest BCUT2D eigenvalue weighted by molar-refractivity contribution is 7.11. The Labute approximate surface area is 132 Å². The standard InChI is InChI=1S/C15H17ClN2O2S/c1-10(7-13-5-3-11(2)21-13)17-9-12-4-6-14(16)15(8-12)18(19)20/h3-6,8,10,17H,7,9H2,1-2H3.